The van der Waals surface area contributed by atoms with E-state index in [0.29, 0.717) is 37.1 Å². The molecule has 2 N–H and O–H groups in total. The van der Waals surface area contributed by atoms with Crippen LogP contribution in [-0.2, 0) is 9.53 Å². The molecule has 7 heteroatoms. The standard InChI is InChI=1S/C25H44N4O3/c1-18-12-16-29(7)17-27-20(3)19(2)21(18)11-15-26-22(30)25(13-9-8-10-14-25)28-23(31)32-24(4,5)6/h12,16-21H,8-11,13-15H2,1-7H3,(H,26,30)(H,28,31)/b16-12+,27-17?/t18?,19-,20-,21+/m0/s1. The number of carbonyl (C=O) groups is 2. The Kier molecular flexibility index (Phi) is 9.17. The number of hydrogen-bond acceptors (Lipinski definition) is 5. The maximum Gasteiger partial charge on any atom is 0.408 e. The van der Waals surface area contributed by atoms with Gasteiger partial charge in [-0.25, -0.2) is 4.79 Å². The Morgan fingerprint density at radius 2 is 1.81 bits per heavy atom. The zero-order chi connectivity index (χ0) is 23.9. The second-order valence-corrected chi connectivity index (χ2v) is 10.7. The summed E-state index contributed by atoms with van der Waals surface area (Å²) in [7, 11) is 1.99. The summed E-state index contributed by atoms with van der Waals surface area (Å²) in [6.45, 7) is 12.7. The fourth-order valence-corrected chi connectivity index (χ4v) is 4.75. The lowest BCUT2D eigenvalue weighted by Crippen LogP contribution is -2.60. The summed E-state index contributed by atoms with van der Waals surface area (Å²) in [6.07, 6.45) is 10.7. The van der Waals surface area contributed by atoms with Gasteiger partial charge in [-0.3, -0.25) is 9.79 Å². The van der Waals surface area contributed by atoms with Gasteiger partial charge in [0.25, 0.3) is 0 Å². The van der Waals surface area contributed by atoms with Gasteiger partial charge in [0.1, 0.15) is 11.1 Å². The molecular formula is C25H44N4O3. The normalized spacial score (nSPS) is 29.3. The third kappa shape index (κ3) is 7.52. The molecule has 0 bridgehead atoms. The zero-order valence-corrected chi connectivity index (χ0v) is 21.1. The molecule has 1 aliphatic carbocycles. The molecule has 0 spiro atoms. The van der Waals surface area contributed by atoms with Crippen molar-refractivity contribution in [2.45, 2.75) is 97.2 Å². The average molecular weight is 449 g/mol. The molecule has 4 atom stereocenters. The molecule has 32 heavy (non-hydrogen) atoms. The minimum Gasteiger partial charge on any atom is -0.444 e. The lowest BCUT2D eigenvalue weighted by molar-refractivity contribution is -0.129. The van der Waals surface area contributed by atoms with Gasteiger partial charge in [-0.15, -0.1) is 0 Å². The number of nitrogens with zero attached hydrogens (tertiary/aromatic N) is 2. The SMILES string of the molecule is CC1/C=C/N(C)C=N[C@@H](C)[C@H](C)[C@@H]1CCNC(=O)C1(NC(=O)OC(C)(C)C)CCCCC1. The van der Waals surface area contributed by atoms with Gasteiger partial charge in [0, 0.05) is 19.8 Å². The number of alkyl carbamates (subject to hydrolysis) is 1. The quantitative estimate of drug-likeness (QED) is 0.649. The third-order valence-electron chi connectivity index (χ3n) is 6.87. The van der Waals surface area contributed by atoms with Crippen LogP contribution in [0.2, 0.25) is 0 Å². The summed E-state index contributed by atoms with van der Waals surface area (Å²) in [5.41, 5.74) is -1.48. The summed E-state index contributed by atoms with van der Waals surface area (Å²) in [5.74, 6) is 1.06. The van der Waals surface area contributed by atoms with E-state index < -0.39 is 17.2 Å². The maximum atomic E-state index is 13.3. The highest BCUT2D eigenvalue weighted by atomic mass is 16.6. The van der Waals surface area contributed by atoms with Gasteiger partial charge in [-0.2, -0.15) is 0 Å². The minimum absolute atomic E-state index is 0.0900. The Morgan fingerprint density at radius 3 is 2.44 bits per heavy atom. The molecule has 1 unspecified atom stereocenters. The van der Waals surface area contributed by atoms with Crippen molar-refractivity contribution < 1.29 is 14.3 Å². The van der Waals surface area contributed by atoms with Gasteiger partial charge >= 0.3 is 6.09 Å². The second kappa shape index (κ2) is 11.2. The molecule has 2 amide bonds. The molecule has 2 aliphatic rings. The monoisotopic (exact) mass is 448 g/mol. The fraction of sp³-hybridized carbons (Fsp3) is 0.800. The molecule has 1 aliphatic heterocycles. The van der Waals surface area contributed by atoms with Crippen molar-refractivity contribution in [3.63, 3.8) is 0 Å². The van der Waals surface area contributed by atoms with E-state index in [1.807, 2.05) is 39.1 Å². The smallest absolute Gasteiger partial charge is 0.408 e. The van der Waals surface area contributed by atoms with Crippen LogP contribution in [-0.4, -0.2) is 54.0 Å². The van der Waals surface area contributed by atoms with Crippen molar-refractivity contribution in [2.24, 2.45) is 22.7 Å². The summed E-state index contributed by atoms with van der Waals surface area (Å²) in [4.78, 5) is 32.4. The number of ether oxygens (including phenoxy) is 1. The van der Waals surface area contributed by atoms with Crippen LogP contribution in [0.3, 0.4) is 0 Å². The molecule has 0 aromatic carbocycles. The minimum atomic E-state index is -0.879. The Hall–Kier alpha value is -2.05. The summed E-state index contributed by atoms with van der Waals surface area (Å²) in [6, 6.07) is 0.207. The number of aliphatic imine (C=N–C) groups is 1. The van der Waals surface area contributed by atoms with Crippen molar-refractivity contribution in [2.75, 3.05) is 13.6 Å². The fourth-order valence-electron chi connectivity index (χ4n) is 4.75. The molecule has 1 fully saturated rings. The molecule has 0 radical (unpaired) electrons. The zero-order valence-electron chi connectivity index (χ0n) is 21.1. The Morgan fingerprint density at radius 1 is 1.16 bits per heavy atom. The molecule has 2 rings (SSSR count). The molecule has 7 nitrogen and oxygen atoms in total. The van der Waals surface area contributed by atoms with Gasteiger partial charge in [0.2, 0.25) is 5.91 Å². The first kappa shape index (κ1) is 26.2. The van der Waals surface area contributed by atoms with Crippen LogP contribution in [0, 0.1) is 17.8 Å². The van der Waals surface area contributed by atoms with E-state index in [1.165, 1.54) is 0 Å². The summed E-state index contributed by atoms with van der Waals surface area (Å²) >= 11 is 0. The molecule has 1 saturated carbocycles. The van der Waals surface area contributed by atoms with Crippen LogP contribution < -0.4 is 10.6 Å². The molecule has 182 valence electrons. The van der Waals surface area contributed by atoms with Gasteiger partial charge in [0.15, 0.2) is 0 Å². The maximum absolute atomic E-state index is 13.3. The first-order valence-corrected chi connectivity index (χ1v) is 12.2. The summed E-state index contributed by atoms with van der Waals surface area (Å²) < 4.78 is 5.45. The van der Waals surface area contributed by atoms with Gasteiger partial charge in [0.05, 0.1) is 12.4 Å². The lowest BCUT2D eigenvalue weighted by atomic mass is 9.77. The van der Waals surface area contributed by atoms with Crippen LogP contribution in [0.15, 0.2) is 17.3 Å². The first-order valence-electron chi connectivity index (χ1n) is 12.2. The lowest BCUT2D eigenvalue weighted by Gasteiger charge is -2.37. The van der Waals surface area contributed by atoms with Crippen molar-refractivity contribution in [3.05, 3.63) is 12.3 Å². The number of nitrogens with one attached hydrogen (secondary N) is 2. The second-order valence-electron chi connectivity index (χ2n) is 10.7. The molecule has 0 saturated heterocycles. The highest BCUT2D eigenvalue weighted by Gasteiger charge is 2.42. The van der Waals surface area contributed by atoms with E-state index >= 15 is 0 Å². The van der Waals surface area contributed by atoms with Gasteiger partial charge in [-0.1, -0.05) is 39.2 Å². The van der Waals surface area contributed by atoms with Crippen molar-refractivity contribution in [3.8, 4) is 0 Å². The molecule has 0 aromatic rings. The number of allylic oxidation sites excluding steroid dienone is 1. The largest absolute Gasteiger partial charge is 0.444 e. The number of carbonyl (C=O) groups excluding carboxylic acids is 2. The van der Waals surface area contributed by atoms with Crippen LogP contribution in [0.5, 0.6) is 0 Å². The van der Waals surface area contributed by atoms with Crippen molar-refractivity contribution >= 4 is 18.3 Å². The topological polar surface area (TPSA) is 83.0 Å². The predicted molar refractivity (Wildman–Crippen MR) is 129 cm³/mol. The van der Waals surface area contributed by atoms with Crippen LogP contribution in [0.25, 0.3) is 0 Å². The van der Waals surface area contributed by atoms with E-state index in [1.54, 1.807) is 0 Å². The van der Waals surface area contributed by atoms with Crippen molar-refractivity contribution in [1.82, 2.24) is 15.5 Å². The Labute approximate surface area is 194 Å². The van der Waals surface area contributed by atoms with Gasteiger partial charge in [-0.05, 0) is 64.7 Å². The number of rotatable bonds is 5. The van der Waals surface area contributed by atoms with Gasteiger partial charge < -0.3 is 20.3 Å². The van der Waals surface area contributed by atoms with Crippen molar-refractivity contribution in [1.29, 1.82) is 0 Å². The Balaban J connectivity index is 2.03. The molecule has 0 aromatic heterocycles. The number of hydrogen-bond donors (Lipinski definition) is 2. The Bertz CT molecular complexity index is 692. The van der Waals surface area contributed by atoms with E-state index in [4.69, 9.17) is 4.74 Å². The average Bonchev–Trinajstić information content (AvgIpc) is 2.75. The third-order valence-corrected chi connectivity index (χ3v) is 6.87. The van der Waals surface area contributed by atoms with Crippen LogP contribution in [0.1, 0.15) is 80.1 Å². The molecular weight excluding hydrogens is 404 g/mol. The first-order chi connectivity index (χ1) is 14.9. The number of amides is 2. The highest BCUT2D eigenvalue weighted by molar-refractivity contribution is 5.90. The summed E-state index contributed by atoms with van der Waals surface area (Å²) in [5, 5.41) is 6.07. The highest BCUT2D eigenvalue weighted by Crippen LogP contribution is 2.31. The molecule has 1 heterocycles. The van der Waals surface area contributed by atoms with E-state index in [0.717, 1.165) is 25.7 Å². The van der Waals surface area contributed by atoms with E-state index in [9.17, 15) is 9.59 Å². The van der Waals surface area contributed by atoms with Crippen LogP contribution >= 0.6 is 0 Å². The predicted octanol–water partition coefficient (Wildman–Crippen LogP) is 4.48. The van der Waals surface area contributed by atoms with E-state index in [2.05, 4.69) is 48.7 Å². The van der Waals surface area contributed by atoms with E-state index in [-0.39, 0.29) is 11.9 Å². The van der Waals surface area contributed by atoms with Crippen LogP contribution in [0.4, 0.5) is 4.79 Å².